The maximum Gasteiger partial charge on any atom is 0.261 e. The van der Waals surface area contributed by atoms with E-state index in [-0.39, 0.29) is 11.1 Å². The zero-order chi connectivity index (χ0) is 19.0. The molecule has 0 spiro atoms. The van der Waals surface area contributed by atoms with Crippen LogP contribution in [0.5, 0.6) is 0 Å². The summed E-state index contributed by atoms with van der Waals surface area (Å²) in [5, 5.41) is 12.0. The minimum Gasteiger partial charge on any atom is -0.407 e. The van der Waals surface area contributed by atoms with Crippen LogP contribution in [0.25, 0.3) is 0 Å². The minimum absolute atomic E-state index is 0.0190. The second-order valence-electron chi connectivity index (χ2n) is 7.82. The predicted octanol–water partition coefficient (Wildman–Crippen LogP) is 4.28. The topological polar surface area (TPSA) is 29.5 Å². The van der Waals surface area contributed by atoms with Crippen LogP contribution in [0.3, 0.4) is 0 Å². The lowest BCUT2D eigenvalue weighted by Crippen LogP contribution is -2.66. The van der Waals surface area contributed by atoms with Crippen LogP contribution in [0.4, 0.5) is 0 Å². The highest BCUT2D eigenvalue weighted by Crippen LogP contribution is 2.36. The summed E-state index contributed by atoms with van der Waals surface area (Å²) in [6.45, 7) is 9.39. The van der Waals surface area contributed by atoms with E-state index in [4.69, 9.17) is 4.43 Å². The molecule has 26 heavy (non-hydrogen) atoms. The fourth-order valence-electron chi connectivity index (χ4n) is 3.48. The van der Waals surface area contributed by atoms with Crippen molar-refractivity contribution in [2.45, 2.75) is 51.7 Å². The van der Waals surface area contributed by atoms with Gasteiger partial charge in [0, 0.05) is 6.61 Å². The van der Waals surface area contributed by atoms with Gasteiger partial charge in [-0.3, -0.25) is 0 Å². The fraction of sp³-hybridized carbons (Fsp3) is 0.391. The van der Waals surface area contributed by atoms with E-state index in [0.717, 1.165) is 19.4 Å². The van der Waals surface area contributed by atoms with Crippen LogP contribution in [0, 0.1) is 0 Å². The largest absolute Gasteiger partial charge is 0.407 e. The lowest BCUT2D eigenvalue weighted by atomic mass is 10.2. The maximum absolute atomic E-state index is 9.33. The summed E-state index contributed by atoms with van der Waals surface area (Å²) in [4.78, 5) is 0. The summed E-state index contributed by atoms with van der Waals surface area (Å²) >= 11 is 0. The van der Waals surface area contributed by atoms with Gasteiger partial charge in [0.25, 0.3) is 8.32 Å². The van der Waals surface area contributed by atoms with Crippen molar-refractivity contribution in [3.63, 3.8) is 0 Å². The molecule has 0 fully saturated rings. The van der Waals surface area contributed by atoms with Gasteiger partial charge in [0.1, 0.15) is 0 Å². The zero-order valence-corrected chi connectivity index (χ0v) is 17.5. The van der Waals surface area contributed by atoms with E-state index in [0.29, 0.717) is 0 Å². The van der Waals surface area contributed by atoms with E-state index >= 15 is 0 Å². The summed E-state index contributed by atoms with van der Waals surface area (Å²) in [6, 6.07) is 21.5. The molecule has 1 unspecified atom stereocenters. The lowest BCUT2D eigenvalue weighted by Gasteiger charge is -2.43. The molecule has 0 aliphatic rings. The van der Waals surface area contributed by atoms with E-state index in [1.807, 2.05) is 12.2 Å². The number of benzene rings is 2. The van der Waals surface area contributed by atoms with Crippen molar-refractivity contribution in [1.82, 2.24) is 0 Å². The molecule has 2 aromatic carbocycles. The molecule has 0 aliphatic heterocycles. The second kappa shape index (κ2) is 9.31. The molecule has 1 N–H and O–H groups in total. The van der Waals surface area contributed by atoms with Crippen LogP contribution >= 0.6 is 0 Å². The molecule has 0 amide bonds. The number of unbranched alkanes of at least 4 members (excludes halogenated alkanes) is 1. The molecule has 3 heteroatoms. The Morgan fingerprint density at radius 1 is 0.962 bits per heavy atom. The van der Waals surface area contributed by atoms with Gasteiger partial charge in [-0.25, -0.2) is 0 Å². The first-order chi connectivity index (χ1) is 12.4. The van der Waals surface area contributed by atoms with Crippen molar-refractivity contribution in [3.05, 3.63) is 72.8 Å². The molecule has 2 aromatic rings. The van der Waals surface area contributed by atoms with Crippen molar-refractivity contribution < 1.29 is 9.53 Å². The summed E-state index contributed by atoms with van der Waals surface area (Å²) in [7, 11) is -2.40. The van der Waals surface area contributed by atoms with Gasteiger partial charge in [0.05, 0.1) is 6.10 Å². The van der Waals surface area contributed by atoms with E-state index in [9.17, 15) is 5.11 Å². The highest BCUT2D eigenvalue weighted by Gasteiger charge is 2.49. The number of allylic oxidation sites excluding steroid dienone is 1. The second-order valence-corrected chi connectivity index (χ2v) is 12.1. The summed E-state index contributed by atoms with van der Waals surface area (Å²) in [5.41, 5.74) is 0. The van der Waals surface area contributed by atoms with Crippen molar-refractivity contribution in [3.8, 4) is 0 Å². The van der Waals surface area contributed by atoms with Crippen molar-refractivity contribution >= 4 is 18.7 Å². The van der Waals surface area contributed by atoms with Gasteiger partial charge in [-0.1, -0.05) is 93.6 Å². The average Bonchev–Trinajstić information content (AvgIpc) is 2.61. The number of aliphatic hydroxyl groups excluding tert-OH is 1. The Morgan fingerprint density at radius 2 is 1.46 bits per heavy atom. The molecule has 0 saturated carbocycles. The molecule has 0 radical (unpaired) electrons. The third-order valence-corrected chi connectivity index (χ3v) is 9.71. The van der Waals surface area contributed by atoms with Gasteiger partial charge < -0.3 is 9.53 Å². The molecule has 0 bridgehead atoms. The summed E-state index contributed by atoms with van der Waals surface area (Å²) in [5.74, 6) is 0. The molecular formula is C23H32O2Si. The van der Waals surface area contributed by atoms with Gasteiger partial charge in [0.2, 0.25) is 0 Å². The Hall–Kier alpha value is -1.68. The van der Waals surface area contributed by atoms with Crippen LogP contribution in [-0.2, 0) is 4.43 Å². The number of aliphatic hydroxyl groups is 1. The molecule has 0 aliphatic carbocycles. The highest BCUT2D eigenvalue weighted by molar-refractivity contribution is 6.99. The van der Waals surface area contributed by atoms with Crippen LogP contribution in [0.1, 0.15) is 40.5 Å². The quantitative estimate of drug-likeness (QED) is 0.428. The Labute approximate surface area is 159 Å². The van der Waals surface area contributed by atoms with E-state index in [2.05, 4.69) is 81.4 Å². The van der Waals surface area contributed by atoms with E-state index in [1.165, 1.54) is 10.4 Å². The first-order valence-electron chi connectivity index (χ1n) is 9.47. The monoisotopic (exact) mass is 368 g/mol. The van der Waals surface area contributed by atoms with Gasteiger partial charge in [-0.2, -0.15) is 0 Å². The Bertz CT molecular complexity index is 633. The van der Waals surface area contributed by atoms with Crippen LogP contribution in [0.15, 0.2) is 72.8 Å². The van der Waals surface area contributed by atoms with E-state index in [1.54, 1.807) is 6.92 Å². The molecular weight excluding hydrogens is 336 g/mol. The molecule has 140 valence electrons. The lowest BCUT2D eigenvalue weighted by molar-refractivity contribution is 0.243. The predicted molar refractivity (Wildman–Crippen MR) is 114 cm³/mol. The van der Waals surface area contributed by atoms with E-state index < -0.39 is 8.32 Å². The Kier molecular flexibility index (Phi) is 7.39. The zero-order valence-electron chi connectivity index (χ0n) is 16.5. The Balaban J connectivity index is 2.32. The molecule has 1 atom stereocenters. The third kappa shape index (κ3) is 4.94. The molecule has 0 saturated heterocycles. The molecule has 2 nitrogen and oxygen atoms in total. The molecule has 0 aromatic heterocycles. The molecule has 0 heterocycles. The number of hydrogen-bond acceptors (Lipinski definition) is 2. The van der Waals surface area contributed by atoms with Crippen LogP contribution < -0.4 is 10.4 Å². The standard InChI is InChI=1S/C23H32O2Si/c1-20(24)14-8-7-13-19-25-26(23(2,3)4,21-15-9-5-10-16-21)22-17-11-6-12-18-22/h5-6,8-12,14-18,20,24H,7,13,19H2,1-4H3/b14-8-. The Morgan fingerprint density at radius 3 is 1.88 bits per heavy atom. The number of rotatable bonds is 8. The summed E-state index contributed by atoms with van der Waals surface area (Å²) < 4.78 is 6.82. The summed E-state index contributed by atoms with van der Waals surface area (Å²) in [6.07, 6.45) is 5.37. The van der Waals surface area contributed by atoms with Gasteiger partial charge in [-0.05, 0) is 35.2 Å². The first kappa shape index (κ1) is 20.6. The SMILES string of the molecule is CC(O)/C=C\CCCO[Si](c1ccccc1)(c1ccccc1)C(C)(C)C. The molecule has 2 rings (SSSR count). The van der Waals surface area contributed by atoms with Gasteiger partial charge in [0.15, 0.2) is 0 Å². The normalized spacial score (nSPS) is 13.9. The van der Waals surface area contributed by atoms with Crippen molar-refractivity contribution in [2.75, 3.05) is 6.61 Å². The average molecular weight is 369 g/mol. The smallest absolute Gasteiger partial charge is 0.261 e. The minimum atomic E-state index is -2.40. The maximum atomic E-state index is 9.33. The van der Waals surface area contributed by atoms with Gasteiger partial charge >= 0.3 is 0 Å². The van der Waals surface area contributed by atoms with Crippen LogP contribution in [0.2, 0.25) is 5.04 Å². The van der Waals surface area contributed by atoms with Gasteiger partial charge in [-0.15, -0.1) is 0 Å². The highest BCUT2D eigenvalue weighted by atomic mass is 28.4. The van der Waals surface area contributed by atoms with Crippen molar-refractivity contribution in [1.29, 1.82) is 0 Å². The fourth-order valence-corrected chi connectivity index (χ4v) is 8.09. The third-order valence-electron chi connectivity index (χ3n) is 4.67. The number of hydrogen-bond donors (Lipinski definition) is 1. The van der Waals surface area contributed by atoms with Crippen molar-refractivity contribution in [2.24, 2.45) is 0 Å². The first-order valence-corrected chi connectivity index (χ1v) is 11.4. The van der Waals surface area contributed by atoms with Crippen LogP contribution in [-0.4, -0.2) is 26.1 Å².